The van der Waals surface area contributed by atoms with Crippen LogP contribution in [-0.2, 0) is 9.59 Å². The molecule has 0 spiro atoms. The van der Waals surface area contributed by atoms with Crippen LogP contribution in [0.2, 0.25) is 0 Å². The molecule has 0 saturated carbocycles. The average molecular weight is 538 g/mol. The quantitative estimate of drug-likeness (QED) is 0.308. The first-order valence-electron chi connectivity index (χ1n) is 8.91. The minimum absolute atomic E-state index is 0.0800. The van der Waals surface area contributed by atoms with Gasteiger partial charge in [0.05, 0.1) is 12.0 Å². The van der Waals surface area contributed by atoms with Gasteiger partial charge in [0.25, 0.3) is 5.91 Å². The molecule has 0 unspecified atom stereocenters. The van der Waals surface area contributed by atoms with E-state index >= 15 is 0 Å². The van der Waals surface area contributed by atoms with Gasteiger partial charge in [0, 0.05) is 22.2 Å². The van der Waals surface area contributed by atoms with E-state index in [9.17, 15) is 9.59 Å². The van der Waals surface area contributed by atoms with Crippen LogP contribution in [0.5, 0.6) is 5.75 Å². The summed E-state index contributed by atoms with van der Waals surface area (Å²) in [5.74, 6) is 0.526. The molecular formula is C21H19IN2O3S2. The number of nitrogens with one attached hydrogen (secondary N) is 1. The molecule has 1 aliphatic heterocycles. The number of carbonyl (C=O) groups excluding carboxylic acids is 2. The van der Waals surface area contributed by atoms with Crippen LogP contribution in [0.3, 0.4) is 0 Å². The molecule has 2 amide bonds. The first kappa shape index (κ1) is 21.8. The predicted molar refractivity (Wildman–Crippen MR) is 130 cm³/mol. The zero-order valence-corrected chi connectivity index (χ0v) is 19.5. The standard InChI is InChI=1S/C21H19IN2O3S2/c1-27-17-5-2-4-14(12-17)13-18-20(26)24(21(28)29-18)11-3-6-19(25)23-16-9-7-15(22)8-10-16/h2,4-5,7-10,12-13H,3,6,11H2,1H3,(H,23,25). The lowest BCUT2D eigenvalue weighted by Gasteiger charge is -2.14. The molecule has 1 N–H and O–H groups in total. The van der Waals surface area contributed by atoms with Gasteiger partial charge in [-0.05, 0) is 77.0 Å². The van der Waals surface area contributed by atoms with Crippen molar-refractivity contribution >= 4 is 74.5 Å². The summed E-state index contributed by atoms with van der Waals surface area (Å²) in [6, 6.07) is 15.1. The van der Waals surface area contributed by atoms with Crippen LogP contribution in [-0.4, -0.2) is 34.7 Å². The molecule has 29 heavy (non-hydrogen) atoms. The second-order valence-electron chi connectivity index (χ2n) is 6.27. The average Bonchev–Trinajstić information content (AvgIpc) is 2.97. The zero-order valence-electron chi connectivity index (χ0n) is 15.7. The monoisotopic (exact) mass is 538 g/mol. The number of ether oxygens (including phenoxy) is 1. The molecular weight excluding hydrogens is 519 g/mol. The molecule has 1 saturated heterocycles. The first-order chi connectivity index (χ1) is 14.0. The number of nitrogens with zero attached hydrogens (tertiary/aromatic N) is 1. The first-order valence-corrected chi connectivity index (χ1v) is 11.2. The maximum atomic E-state index is 12.7. The van der Waals surface area contributed by atoms with Crippen molar-refractivity contribution in [3.8, 4) is 5.75 Å². The van der Waals surface area contributed by atoms with Gasteiger partial charge >= 0.3 is 0 Å². The number of methoxy groups -OCH3 is 1. The van der Waals surface area contributed by atoms with Crippen LogP contribution < -0.4 is 10.1 Å². The topological polar surface area (TPSA) is 58.6 Å². The van der Waals surface area contributed by atoms with E-state index in [1.54, 1.807) is 12.0 Å². The Balaban J connectivity index is 1.54. The predicted octanol–water partition coefficient (Wildman–Crippen LogP) is 4.92. The highest BCUT2D eigenvalue weighted by Crippen LogP contribution is 2.33. The van der Waals surface area contributed by atoms with Gasteiger partial charge in [-0.25, -0.2) is 0 Å². The highest BCUT2D eigenvalue weighted by atomic mass is 127. The lowest BCUT2D eigenvalue weighted by atomic mass is 10.2. The number of thiocarbonyl (C=S) groups is 1. The zero-order chi connectivity index (χ0) is 20.8. The fourth-order valence-electron chi connectivity index (χ4n) is 2.73. The number of rotatable bonds is 7. The number of carbonyl (C=O) groups is 2. The van der Waals surface area contributed by atoms with Gasteiger partial charge in [0.2, 0.25) is 5.91 Å². The van der Waals surface area contributed by atoms with Crippen molar-refractivity contribution in [3.05, 3.63) is 62.6 Å². The molecule has 0 aromatic heterocycles. The van der Waals surface area contributed by atoms with Crippen LogP contribution in [0.25, 0.3) is 6.08 Å². The number of amides is 2. The fourth-order valence-corrected chi connectivity index (χ4v) is 4.40. The number of halogens is 1. The minimum atomic E-state index is -0.124. The van der Waals surface area contributed by atoms with Crippen molar-refractivity contribution in [2.75, 3.05) is 19.0 Å². The Labute approximate surface area is 193 Å². The Kier molecular flexibility index (Phi) is 7.68. The molecule has 0 bridgehead atoms. The van der Waals surface area contributed by atoms with E-state index in [1.165, 1.54) is 11.8 Å². The van der Waals surface area contributed by atoms with Crippen LogP contribution in [0.4, 0.5) is 5.69 Å². The van der Waals surface area contributed by atoms with E-state index in [2.05, 4.69) is 27.9 Å². The van der Waals surface area contributed by atoms with Gasteiger partial charge in [-0.15, -0.1) is 0 Å². The molecule has 150 valence electrons. The highest BCUT2D eigenvalue weighted by molar-refractivity contribution is 14.1. The Hall–Kier alpha value is -1.91. The van der Waals surface area contributed by atoms with E-state index < -0.39 is 0 Å². The molecule has 0 atom stereocenters. The number of hydrogen-bond acceptors (Lipinski definition) is 5. The summed E-state index contributed by atoms with van der Waals surface area (Å²) in [6.45, 7) is 0.417. The van der Waals surface area contributed by atoms with Crippen molar-refractivity contribution in [2.45, 2.75) is 12.8 Å². The number of benzene rings is 2. The van der Waals surface area contributed by atoms with Gasteiger partial charge < -0.3 is 10.1 Å². The lowest BCUT2D eigenvalue weighted by Crippen LogP contribution is -2.29. The summed E-state index contributed by atoms with van der Waals surface area (Å²) in [6.07, 6.45) is 2.67. The molecule has 2 aromatic carbocycles. The van der Waals surface area contributed by atoms with Crippen molar-refractivity contribution in [1.29, 1.82) is 0 Å². The molecule has 0 radical (unpaired) electrons. The van der Waals surface area contributed by atoms with E-state index in [1.807, 2.05) is 54.6 Å². The molecule has 3 rings (SSSR count). The summed E-state index contributed by atoms with van der Waals surface area (Å²) >= 11 is 8.85. The van der Waals surface area contributed by atoms with Crippen molar-refractivity contribution in [1.82, 2.24) is 4.90 Å². The van der Waals surface area contributed by atoms with Gasteiger partial charge in [0.1, 0.15) is 10.1 Å². The molecule has 0 aliphatic carbocycles. The van der Waals surface area contributed by atoms with Crippen LogP contribution in [0.1, 0.15) is 18.4 Å². The van der Waals surface area contributed by atoms with Gasteiger partial charge in [0.15, 0.2) is 0 Å². The van der Waals surface area contributed by atoms with E-state index in [0.717, 1.165) is 20.6 Å². The Bertz CT molecular complexity index is 961. The van der Waals surface area contributed by atoms with Crippen LogP contribution in [0.15, 0.2) is 53.4 Å². The highest BCUT2D eigenvalue weighted by Gasteiger charge is 2.31. The lowest BCUT2D eigenvalue weighted by molar-refractivity contribution is -0.122. The van der Waals surface area contributed by atoms with Gasteiger partial charge in [-0.3, -0.25) is 14.5 Å². The SMILES string of the molecule is COc1cccc(C=C2SC(=S)N(CCCC(=O)Nc3ccc(I)cc3)C2=O)c1. The molecule has 8 heteroatoms. The van der Waals surface area contributed by atoms with E-state index in [-0.39, 0.29) is 11.8 Å². The summed E-state index contributed by atoms with van der Waals surface area (Å²) in [5, 5.41) is 2.86. The Morgan fingerprint density at radius 2 is 2.03 bits per heavy atom. The summed E-state index contributed by atoms with van der Waals surface area (Å²) < 4.78 is 6.84. The number of hydrogen-bond donors (Lipinski definition) is 1. The summed E-state index contributed by atoms with van der Waals surface area (Å²) in [7, 11) is 1.60. The largest absolute Gasteiger partial charge is 0.497 e. The second kappa shape index (κ2) is 10.2. The van der Waals surface area contributed by atoms with Gasteiger partial charge in [-0.2, -0.15) is 0 Å². The second-order valence-corrected chi connectivity index (χ2v) is 9.19. The maximum Gasteiger partial charge on any atom is 0.266 e. The molecule has 5 nitrogen and oxygen atoms in total. The van der Waals surface area contributed by atoms with Crippen molar-refractivity contribution < 1.29 is 14.3 Å². The maximum absolute atomic E-state index is 12.7. The van der Waals surface area contributed by atoms with Gasteiger partial charge in [-0.1, -0.05) is 36.1 Å². The third kappa shape index (κ3) is 6.03. The molecule has 1 heterocycles. The third-order valence-corrected chi connectivity index (χ3v) is 6.28. The third-order valence-electron chi connectivity index (χ3n) is 4.18. The van der Waals surface area contributed by atoms with Crippen molar-refractivity contribution in [2.24, 2.45) is 0 Å². The van der Waals surface area contributed by atoms with E-state index in [0.29, 0.717) is 28.6 Å². The van der Waals surface area contributed by atoms with Crippen molar-refractivity contribution in [3.63, 3.8) is 0 Å². The molecule has 1 aliphatic rings. The van der Waals surface area contributed by atoms with E-state index in [4.69, 9.17) is 17.0 Å². The number of anilines is 1. The Morgan fingerprint density at radius 1 is 1.28 bits per heavy atom. The van der Waals surface area contributed by atoms with Crippen LogP contribution >= 0.6 is 46.6 Å². The summed E-state index contributed by atoms with van der Waals surface area (Å²) in [4.78, 5) is 26.9. The minimum Gasteiger partial charge on any atom is -0.497 e. The van der Waals surface area contributed by atoms with Crippen LogP contribution in [0, 0.1) is 3.57 Å². The molecule has 2 aromatic rings. The molecule has 1 fully saturated rings. The normalized spacial score (nSPS) is 15.1. The fraction of sp³-hybridized carbons (Fsp3) is 0.190. The number of thioether (sulfide) groups is 1. The summed E-state index contributed by atoms with van der Waals surface area (Å²) in [5.41, 5.74) is 1.64. The Morgan fingerprint density at radius 3 is 2.76 bits per heavy atom. The smallest absolute Gasteiger partial charge is 0.266 e.